The van der Waals surface area contributed by atoms with E-state index in [2.05, 4.69) is 15.4 Å². The molecule has 2 aromatic heterocycles. The third-order valence-corrected chi connectivity index (χ3v) is 5.36. The van der Waals surface area contributed by atoms with Crippen LogP contribution in [0.15, 0.2) is 42.6 Å². The molecule has 0 saturated heterocycles. The summed E-state index contributed by atoms with van der Waals surface area (Å²) in [5, 5.41) is 6.93. The SMILES string of the molecule is COc1cccc(CNC(=O)c2cc3c(nc2N)CCN(C(=O)c2ccnn2C)C3)c1. The first-order valence-electron chi connectivity index (χ1n) is 9.93. The first-order chi connectivity index (χ1) is 15.0. The van der Waals surface area contributed by atoms with E-state index >= 15 is 0 Å². The maximum absolute atomic E-state index is 12.8. The molecule has 0 fully saturated rings. The number of ether oxygens (including phenoxy) is 1. The van der Waals surface area contributed by atoms with Gasteiger partial charge in [0, 0.05) is 45.0 Å². The molecular weight excluding hydrogens is 396 g/mol. The standard InChI is InChI=1S/C22H24N6O3/c1-27-19(6-8-25-27)22(30)28-9-7-18-15(13-28)11-17(20(23)26-18)21(29)24-12-14-4-3-5-16(10-14)31-2/h3-6,8,10-11H,7,9,12-13H2,1-2H3,(H2,23,26)(H,24,29). The van der Waals surface area contributed by atoms with Gasteiger partial charge in [0.15, 0.2) is 0 Å². The number of nitrogen functional groups attached to an aromatic ring is 1. The van der Waals surface area contributed by atoms with Gasteiger partial charge in [-0.2, -0.15) is 5.10 Å². The topological polar surface area (TPSA) is 115 Å². The van der Waals surface area contributed by atoms with Gasteiger partial charge < -0.3 is 20.7 Å². The molecule has 9 nitrogen and oxygen atoms in total. The van der Waals surface area contributed by atoms with Crippen LogP contribution in [0.25, 0.3) is 0 Å². The minimum Gasteiger partial charge on any atom is -0.497 e. The van der Waals surface area contributed by atoms with Gasteiger partial charge in [-0.3, -0.25) is 14.3 Å². The van der Waals surface area contributed by atoms with E-state index < -0.39 is 0 Å². The van der Waals surface area contributed by atoms with Crippen LogP contribution in [0, 0.1) is 0 Å². The Morgan fingerprint density at radius 2 is 2.10 bits per heavy atom. The molecule has 3 N–H and O–H groups in total. The molecule has 1 aliphatic heterocycles. The largest absolute Gasteiger partial charge is 0.497 e. The van der Waals surface area contributed by atoms with Crippen molar-refractivity contribution >= 4 is 17.6 Å². The Morgan fingerprint density at radius 1 is 1.26 bits per heavy atom. The van der Waals surface area contributed by atoms with Crippen LogP contribution in [0.1, 0.15) is 37.7 Å². The lowest BCUT2D eigenvalue weighted by Gasteiger charge is -2.28. The fourth-order valence-electron chi connectivity index (χ4n) is 3.65. The summed E-state index contributed by atoms with van der Waals surface area (Å²) in [6, 6.07) is 10.9. The quantitative estimate of drug-likeness (QED) is 0.647. The Balaban J connectivity index is 1.49. The number of rotatable bonds is 5. The molecule has 0 unspecified atom stereocenters. The molecule has 3 heterocycles. The first-order valence-corrected chi connectivity index (χ1v) is 9.93. The van der Waals surface area contributed by atoms with Crippen LogP contribution < -0.4 is 15.8 Å². The number of carbonyl (C=O) groups excluding carboxylic acids is 2. The zero-order chi connectivity index (χ0) is 22.0. The van der Waals surface area contributed by atoms with Gasteiger partial charge in [0.25, 0.3) is 11.8 Å². The lowest BCUT2D eigenvalue weighted by Crippen LogP contribution is -2.37. The second-order valence-corrected chi connectivity index (χ2v) is 7.38. The van der Waals surface area contributed by atoms with E-state index in [9.17, 15) is 9.59 Å². The molecule has 0 bridgehead atoms. The van der Waals surface area contributed by atoms with Gasteiger partial charge in [0.05, 0.1) is 12.7 Å². The molecule has 0 aliphatic carbocycles. The van der Waals surface area contributed by atoms with E-state index in [0.29, 0.717) is 37.3 Å². The van der Waals surface area contributed by atoms with Crippen molar-refractivity contribution in [3.05, 3.63) is 70.7 Å². The third kappa shape index (κ3) is 4.20. The van der Waals surface area contributed by atoms with Crippen LogP contribution in [0.4, 0.5) is 5.82 Å². The van der Waals surface area contributed by atoms with Gasteiger partial charge in [-0.25, -0.2) is 4.98 Å². The number of hydrogen-bond acceptors (Lipinski definition) is 6. The molecule has 9 heteroatoms. The number of benzene rings is 1. The molecule has 0 atom stereocenters. The average molecular weight is 420 g/mol. The van der Waals surface area contributed by atoms with Gasteiger partial charge in [-0.15, -0.1) is 0 Å². The second kappa shape index (κ2) is 8.47. The normalized spacial score (nSPS) is 12.9. The lowest BCUT2D eigenvalue weighted by molar-refractivity contribution is 0.0722. The summed E-state index contributed by atoms with van der Waals surface area (Å²) >= 11 is 0. The number of nitrogens with zero attached hydrogens (tertiary/aromatic N) is 4. The van der Waals surface area contributed by atoms with Crippen molar-refractivity contribution < 1.29 is 14.3 Å². The number of aryl methyl sites for hydroxylation is 1. The van der Waals surface area contributed by atoms with Crippen LogP contribution in [0.2, 0.25) is 0 Å². The average Bonchev–Trinajstić information content (AvgIpc) is 3.22. The third-order valence-electron chi connectivity index (χ3n) is 5.36. The van der Waals surface area contributed by atoms with E-state index in [4.69, 9.17) is 10.5 Å². The molecule has 3 aromatic rings. The van der Waals surface area contributed by atoms with Crippen LogP contribution in [0.5, 0.6) is 5.75 Å². The number of methoxy groups -OCH3 is 1. The molecule has 0 spiro atoms. The molecule has 160 valence electrons. The smallest absolute Gasteiger partial charge is 0.272 e. The Hall–Kier alpha value is -3.88. The number of hydrogen-bond donors (Lipinski definition) is 2. The number of carbonyl (C=O) groups is 2. The number of aromatic nitrogens is 3. The molecule has 0 saturated carbocycles. The summed E-state index contributed by atoms with van der Waals surface area (Å²) < 4.78 is 6.76. The molecule has 0 radical (unpaired) electrons. The maximum atomic E-state index is 12.8. The zero-order valence-corrected chi connectivity index (χ0v) is 17.5. The van der Waals surface area contributed by atoms with Gasteiger partial charge in [-0.05, 0) is 35.4 Å². The molecule has 1 aromatic carbocycles. The molecule has 1 aliphatic rings. The number of anilines is 1. The monoisotopic (exact) mass is 420 g/mol. The van der Waals surface area contributed by atoms with Crippen molar-refractivity contribution in [1.82, 2.24) is 25.0 Å². The maximum Gasteiger partial charge on any atom is 0.272 e. The van der Waals surface area contributed by atoms with Gasteiger partial charge >= 0.3 is 0 Å². The highest BCUT2D eigenvalue weighted by Crippen LogP contribution is 2.23. The van der Waals surface area contributed by atoms with Crippen LogP contribution in [-0.2, 0) is 26.6 Å². The fraction of sp³-hybridized carbons (Fsp3) is 0.273. The number of nitrogens with two attached hydrogens (primary N) is 1. The van der Waals surface area contributed by atoms with Gasteiger partial charge in [-0.1, -0.05) is 12.1 Å². The predicted molar refractivity (Wildman–Crippen MR) is 114 cm³/mol. The lowest BCUT2D eigenvalue weighted by atomic mass is 10.0. The molecule has 4 rings (SSSR count). The number of amides is 2. The summed E-state index contributed by atoms with van der Waals surface area (Å²) in [4.78, 5) is 31.8. The van der Waals surface area contributed by atoms with E-state index in [-0.39, 0.29) is 17.6 Å². The predicted octanol–water partition coefficient (Wildman–Crippen LogP) is 1.53. The van der Waals surface area contributed by atoms with Crippen LogP contribution in [-0.4, -0.2) is 45.1 Å². The van der Waals surface area contributed by atoms with E-state index in [0.717, 1.165) is 22.6 Å². The highest BCUT2D eigenvalue weighted by molar-refractivity contribution is 5.98. The zero-order valence-electron chi connectivity index (χ0n) is 17.5. The molecule has 2 amide bonds. The Bertz CT molecular complexity index is 1140. The van der Waals surface area contributed by atoms with Crippen molar-refractivity contribution in [3.8, 4) is 5.75 Å². The van der Waals surface area contributed by atoms with Gasteiger partial charge in [0.1, 0.15) is 17.3 Å². The summed E-state index contributed by atoms with van der Waals surface area (Å²) in [6.45, 7) is 1.23. The highest BCUT2D eigenvalue weighted by atomic mass is 16.5. The summed E-state index contributed by atoms with van der Waals surface area (Å²) in [6.07, 6.45) is 2.17. The van der Waals surface area contributed by atoms with E-state index in [1.165, 1.54) is 0 Å². The van der Waals surface area contributed by atoms with Crippen molar-refractivity contribution in [2.24, 2.45) is 7.05 Å². The van der Waals surface area contributed by atoms with Crippen molar-refractivity contribution in [3.63, 3.8) is 0 Å². The van der Waals surface area contributed by atoms with Crippen molar-refractivity contribution in [1.29, 1.82) is 0 Å². The summed E-state index contributed by atoms with van der Waals surface area (Å²) in [7, 11) is 3.33. The number of nitrogens with one attached hydrogen (secondary N) is 1. The Morgan fingerprint density at radius 3 is 2.84 bits per heavy atom. The summed E-state index contributed by atoms with van der Waals surface area (Å²) in [5.74, 6) is 0.491. The highest BCUT2D eigenvalue weighted by Gasteiger charge is 2.26. The second-order valence-electron chi connectivity index (χ2n) is 7.38. The Kier molecular flexibility index (Phi) is 5.57. The van der Waals surface area contributed by atoms with E-state index in [1.54, 1.807) is 42.1 Å². The van der Waals surface area contributed by atoms with Crippen LogP contribution in [0.3, 0.4) is 0 Å². The fourth-order valence-corrected chi connectivity index (χ4v) is 3.65. The minimum atomic E-state index is -0.314. The molecule has 31 heavy (non-hydrogen) atoms. The van der Waals surface area contributed by atoms with Crippen molar-refractivity contribution in [2.45, 2.75) is 19.5 Å². The minimum absolute atomic E-state index is 0.105. The van der Waals surface area contributed by atoms with Gasteiger partial charge in [0.2, 0.25) is 0 Å². The molecular formula is C22H24N6O3. The van der Waals surface area contributed by atoms with Crippen molar-refractivity contribution in [2.75, 3.05) is 19.4 Å². The Labute approximate surface area is 179 Å². The number of fused-ring (bicyclic) bond motifs is 1. The van der Waals surface area contributed by atoms with Crippen LogP contribution >= 0.6 is 0 Å². The summed E-state index contributed by atoms with van der Waals surface area (Å²) in [5.41, 5.74) is 9.43. The first kappa shape index (κ1) is 20.4. The number of pyridine rings is 1. The van der Waals surface area contributed by atoms with E-state index in [1.807, 2.05) is 24.3 Å².